The van der Waals surface area contributed by atoms with E-state index in [-0.39, 0.29) is 0 Å². The van der Waals surface area contributed by atoms with Crippen molar-refractivity contribution in [2.45, 2.75) is 40.2 Å². The molecule has 0 aliphatic rings. The van der Waals surface area contributed by atoms with Gasteiger partial charge in [-0.15, -0.1) is 0 Å². The van der Waals surface area contributed by atoms with E-state index in [1.807, 2.05) is 6.07 Å². The van der Waals surface area contributed by atoms with Gasteiger partial charge in [-0.25, -0.2) is 0 Å². The summed E-state index contributed by atoms with van der Waals surface area (Å²) >= 11 is 0. The number of nitrogens with two attached hydrogens (primary N) is 1. The molecule has 1 rings (SSSR count). The molecule has 3 N–H and O–H groups in total. The van der Waals surface area contributed by atoms with Crippen molar-refractivity contribution in [3.63, 3.8) is 0 Å². The largest absolute Gasteiger partial charge is 0.398 e. The molecule has 0 atom stereocenters. The summed E-state index contributed by atoms with van der Waals surface area (Å²) in [5, 5.41) is 3.49. The van der Waals surface area contributed by atoms with Crippen molar-refractivity contribution in [1.29, 1.82) is 0 Å². The first-order valence-corrected chi connectivity index (χ1v) is 6.23. The highest BCUT2D eigenvalue weighted by molar-refractivity contribution is 5.48. The standard InChI is InChI=1S/C14H24N2/c1-4-12(5-2)9-16-10-13-8-11(3)6-7-14(13)15/h6-8,12,16H,4-5,9-10,15H2,1-3H3. The van der Waals surface area contributed by atoms with Gasteiger partial charge in [0.15, 0.2) is 0 Å². The maximum atomic E-state index is 5.93. The summed E-state index contributed by atoms with van der Waals surface area (Å²) in [4.78, 5) is 0. The van der Waals surface area contributed by atoms with Crippen LogP contribution in [0, 0.1) is 12.8 Å². The summed E-state index contributed by atoms with van der Waals surface area (Å²) < 4.78 is 0. The molecule has 0 aliphatic heterocycles. The molecule has 1 aromatic rings. The molecule has 16 heavy (non-hydrogen) atoms. The number of rotatable bonds is 6. The lowest BCUT2D eigenvalue weighted by molar-refractivity contribution is 0.450. The van der Waals surface area contributed by atoms with Crippen molar-refractivity contribution in [2.24, 2.45) is 5.92 Å². The molecule has 0 spiro atoms. The van der Waals surface area contributed by atoms with E-state index < -0.39 is 0 Å². The molecule has 0 fully saturated rings. The van der Waals surface area contributed by atoms with Crippen molar-refractivity contribution >= 4 is 5.69 Å². The van der Waals surface area contributed by atoms with Crippen LogP contribution in [0.1, 0.15) is 37.8 Å². The minimum atomic E-state index is 0.783. The Labute approximate surface area is 99.2 Å². The highest BCUT2D eigenvalue weighted by atomic mass is 14.9. The molecule has 0 saturated heterocycles. The molecular weight excluding hydrogens is 196 g/mol. The van der Waals surface area contributed by atoms with E-state index >= 15 is 0 Å². The summed E-state index contributed by atoms with van der Waals surface area (Å²) in [6.07, 6.45) is 2.49. The molecule has 0 radical (unpaired) electrons. The zero-order valence-corrected chi connectivity index (χ0v) is 10.7. The number of hydrogen-bond acceptors (Lipinski definition) is 2. The smallest absolute Gasteiger partial charge is 0.0359 e. The van der Waals surface area contributed by atoms with E-state index in [1.54, 1.807) is 0 Å². The summed E-state index contributed by atoms with van der Waals surface area (Å²) in [7, 11) is 0. The van der Waals surface area contributed by atoms with E-state index in [9.17, 15) is 0 Å². The highest BCUT2D eigenvalue weighted by Crippen LogP contribution is 2.13. The minimum Gasteiger partial charge on any atom is -0.398 e. The summed E-state index contributed by atoms with van der Waals surface area (Å²) in [5.41, 5.74) is 9.31. The Hall–Kier alpha value is -1.02. The Morgan fingerprint density at radius 3 is 2.56 bits per heavy atom. The van der Waals surface area contributed by atoms with Crippen LogP contribution in [0.3, 0.4) is 0 Å². The molecule has 0 aromatic heterocycles. The van der Waals surface area contributed by atoms with Gasteiger partial charge in [0.2, 0.25) is 0 Å². The van der Waals surface area contributed by atoms with Gasteiger partial charge in [-0.2, -0.15) is 0 Å². The molecule has 2 nitrogen and oxygen atoms in total. The second-order valence-corrected chi connectivity index (χ2v) is 4.52. The predicted molar refractivity (Wildman–Crippen MR) is 71.4 cm³/mol. The van der Waals surface area contributed by atoms with Gasteiger partial charge >= 0.3 is 0 Å². The van der Waals surface area contributed by atoms with Crippen LogP contribution in [0.25, 0.3) is 0 Å². The number of hydrogen-bond donors (Lipinski definition) is 2. The Bertz CT molecular complexity index is 317. The molecule has 0 saturated carbocycles. The second-order valence-electron chi connectivity index (χ2n) is 4.52. The highest BCUT2D eigenvalue weighted by Gasteiger charge is 2.03. The normalized spacial score (nSPS) is 11.0. The van der Waals surface area contributed by atoms with Gasteiger partial charge in [-0.05, 0) is 31.0 Å². The van der Waals surface area contributed by atoms with Gasteiger partial charge < -0.3 is 11.1 Å². The lowest BCUT2D eigenvalue weighted by Gasteiger charge is -2.14. The predicted octanol–water partition coefficient (Wildman–Crippen LogP) is 3.10. The summed E-state index contributed by atoms with van der Waals surface area (Å²) in [6.45, 7) is 8.56. The fourth-order valence-corrected chi connectivity index (χ4v) is 1.88. The average molecular weight is 220 g/mol. The lowest BCUT2D eigenvalue weighted by Crippen LogP contribution is -2.22. The van der Waals surface area contributed by atoms with Crippen LogP contribution in [0.2, 0.25) is 0 Å². The van der Waals surface area contributed by atoms with E-state index in [4.69, 9.17) is 5.73 Å². The molecule has 0 bridgehead atoms. The zero-order valence-electron chi connectivity index (χ0n) is 10.7. The number of aryl methyl sites for hydroxylation is 1. The number of anilines is 1. The van der Waals surface area contributed by atoms with Crippen molar-refractivity contribution < 1.29 is 0 Å². The Morgan fingerprint density at radius 2 is 1.94 bits per heavy atom. The van der Waals surface area contributed by atoms with Crippen LogP contribution in [0.4, 0.5) is 5.69 Å². The van der Waals surface area contributed by atoms with Crippen molar-refractivity contribution in [3.8, 4) is 0 Å². The molecule has 2 heteroatoms. The molecule has 0 aliphatic carbocycles. The second kappa shape index (κ2) is 6.54. The Kier molecular flexibility index (Phi) is 5.33. The summed E-state index contributed by atoms with van der Waals surface area (Å²) in [6, 6.07) is 6.21. The molecule has 0 unspecified atom stereocenters. The minimum absolute atomic E-state index is 0.783. The van der Waals surface area contributed by atoms with Crippen LogP contribution in [-0.4, -0.2) is 6.54 Å². The van der Waals surface area contributed by atoms with E-state index in [0.717, 1.165) is 24.7 Å². The van der Waals surface area contributed by atoms with Crippen LogP contribution in [-0.2, 0) is 6.54 Å². The van der Waals surface area contributed by atoms with Gasteiger partial charge in [-0.3, -0.25) is 0 Å². The van der Waals surface area contributed by atoms with Crippen LogP contribution in [0.15, 0.2) is 18.2 Å². The maximum absolute atomic E-state index is 5.93. The van der Waals surface area contributed by atoms with Gasteiger partial charge in [-0.1, -0.05) is 44.4 Å². The van der Waals surface area contributed by atoms with Gasteiger partial charge in [0.1, 0.15) is 0 Å². The summed E-state index contributed by atoms with van der Waals surface area (Å²) in [5.74, 6) is 0.783. The van der Waals surface area contributed by atoms with Gasteiger partial charge in [0, 0.05) is 12.2 Å². The average Bonchev–Trinajstić information content (AvgIpc) is 2.29. The molecular formula is C14H24N2. The van der Waals surface area contributed by atoms with Gasteiger partial charge in [0.25, 0.3) is 0 Å². The third kappa shape index (κ3) is 3.86. The third-order valence-corrected chi connectivity index (χ3v) is 3.20. The van der Waals surface area contributed by atoms with E-state index in [1.165, 1.54) is 24.0 Å². The quantitative estimate of drug-likeness (QED) is 0.723. The Balaban J connectivity index is 2.45. The maximum Gasteiger partial charge on any atom is 0.0359 e. The SMILES string of the molecule is CCC(CC)CNCc1cc(C)ccc1N. The van der Waals surface area contributed by atoms with E-state index in [2.05, 4.69) is 38.2 Å². The fraction of sp³-hybridized carbons (Fsp3) is 0.571. The third-order valence-electron chi connectivity index (χ3n) is 3.20. The zero-order chi connectivity index (χ0) is 12.0. The van der Waals surface area contributed by atoms with Gasteiger partial charge in [0.05, 0.1) is 0 Å². The monoisotopic (exact) mass is 220 g/mol. The van der Waals surface area contributed by atoms with Crippen LogP contribution >= 0.6 is 0 Å². The van der Waals surface area contributed by atoms with Crippen molar-refractivity contribution in [2.75, 3.05) is 12.3 Å². The van der Waals surface area contributed by atoms with Crippen molar-refractivity contribution in [1.82, 2.24) is 5.32 Å². The number of benzene rings is 1. The molecule has 0 amide bonds. The number of nitrogen functional groups attached to an aromatic ring is 1. The van der Waals surface area contributed by atoms with Crippen LogP contribution < -0.4 is 11.1 Å². The molecule has 1 aromatic carbocycles. The lowest BCUT2D eigenvalue weighted by atomic mass is 10.0. The number of nitrogens with one attached hydrogen (secondary N) is 1. The van der Waals surface area contributed by atoms with E-state index in [0.29, 0.717) is 0 Å². The first-order chi connectivity index (χ1) is 7.67. The van der Waals surface area contributed by atoms with Crippen molar-refractivity contribution in [3.05, 3.63) is 29.3 Å². The molecule has 0 heterocycles. The molecule has 90 valence electrons. The fourth-order valence-electron chi connectivity index (χ4n) is 1.88. The Morgan fingerprint density at radius 1 is 1.25 bits per heavy atom. The van der Waals surface area contributed by atoms with Crippen LogP contribution in [0.5, 0.6) is 0 Å². The first-order valence-electron chi connectivity index (χ1n) is 6.23. The first kappa shape index (κ1) is 13.0. The topological polar surface area (TPSA) is 38.0 Å².